The van der Waals surface area contributed by atoms with Gasteiger partial charge in [-0.05, 0) is 43.3 Å². The Balaban J connectivity index is 1.55. The molecule has 1 amide bonds. The highest BCUT2D eigenvalue weighted by Crippen LogP contribution is 2.28. The zero-order valence-electron chi connectivity index (χ0n) is 17.9. The first kappa shape index (κ1) is 23.4. The van der Waals surface area contributed by atoms with Gasteiger partial charge in [0.05, 0.1) is 10.9 Å². The lowest BCUT2D eigenvalue weighted by atomic mass is 10.3. The third-order valence-corrected chi connectivity index (χ3v) is 5.79. The van der Waals surface area contributed by atoms with Crippen LogP contribution in [0, 0.1) is 17.5 Å². The van der Waals surface area contributed by atoms with Gasteiger partial charge >= 0.3 is 0 Å². The molecule has 4 aromatic rings. The molecule has 0 aliphatic rings. The minimum Gasteiger partial charge on any atom is -0.483 e. The number of halogens is 3. The smallest absolute Gasteiger partial charge is 0.237 e. The van der Waals surface area contributed by atoms with Crippen molar-refractivity contribution < 1.29 is 22.7 Å². The van der Waals surface area contributed by atoms with Crippen molar-refractivity contribution in [2.45, 2.75) is 23.9 Å². The van der Waals surface area contributed by atoms with E-state index in [9.17, 15) is 18.0 Å². The molecule has 3 aromatic carbocycles. The molecule has 0 bridgehead atoms. The largest absolute Gasteiger partial charge is 0.483 e. The van der Waals surface area contributed by atoms with E-state index < -0.39 is 28.6 Å². The van der Waals surface area contributed by atoms with Gasteiger partial charge < -0.3 is 10.1 Å². The van der Waals surface area contributed by atoms with Crippen LogP contribution in [-0.4, -0.2) is 25.9 Å². The summed E-state index contributed by atoms with van der Waals surface area (Å²) in [4.78, 5) is 12.6. The third kappa shape index (κ3) is 5.40. The van der Waals surface area contributed by atoms with Gasteiger partial charge in [-0.3, -0.25) is 9.36 Å². The lowest BCUT2D eigenvalue weighted by molar-refractivity contribution is -0.115. The second kappa shape index (κ2) is 10.4. The number of aromatic nitrogens is 3. The molecule has 174 valence electrons. The predicted octanol–water partition coefficient (Wildman–Crippen LogP) is 5.38. The number of hydrogen-bond donors (Lipinski definition) is 1. The van der Waals surface area contributed by atoms with Crippen molar-refractivity contribution >= 4 is 23.4 Å². The Kier molecular flexibility index (Phi) is 7.17. The number of benzene rings is 3. The number of anilines is 1. The van der Waals surface area contributed by atoms with E-state index >= 15 is 0 Å². The Morgan fingerprint density at radius 1 is 1.00 bits per heavy atom. The lowest BCUT2D eigenvalue weighted by Crippen LogP contribution is -2.23. The van der Waals surface area contributed by atoms with E-state index in [1.54, 1.807) is 23.6 Å². The van der Waals surface area contributed by atoms with Crippen molar-refractivity contribution in [2.24, 2.45) is 0 Å². The molecule has 34 heavy (non-hydrogen) atoms. The summed E-state index contributed by atoms with van der Waals surface area (Å²) in [6.45, 7) is 1.56. The molecule has 0 aliphatic carbocycles. The summed E-state index contributed by atoms with van der Waals surface area (Å²) in [7, 11) is 0. The van der Waals surface area contributed by atoms with Crippen LogP contribution in [-0.2, 0) is 11.4 Å². The van der Waals surface area contributed by atoms with Crippen LogP contribution in [0.3, 0.4) is 0 Å². The van der Waals surface area contributed by atoms with E-state index in [1.165, 1.54) is 12.1 Å². The van der Waals surface area contributed by atoms with E-state index in [0.29, 0.717) is 17.0 Å². The maximum absolute atomic E-state index is 13.9. The Hall–Kier alpha value is -3.79. The molecule has 6 nitrogen and oxygen atoms in total. The molecule has 1 atom stereocenters. The average Bonchev–Trinajstić information content (AvgIpc) is 3.23. The van der Waals surface area contributed by atoms with Crippen LogP contribution in [0.5, 0.6) is 5.75 Å². The number of amides is 1. The summed E-state index contributed by atoms with van der Waals surface area (Å²) in [6.07, 6.45) is 0. The number of nitrogens with one attached hydrogen (secondary N) is 1. The van der Waals surface area contributed by atoms with Crippen LogP contribution in [0.2, 0.25) is 0 Å². The van der Waals surface area contributed by atoms with Crippen molar-refractivity contribution in [3.05, 3.63) is 96.1 Å². The number of carbonyl (C=O) groups excluding carboxylic acids is 1. The Morgan fingerprint density at radius 3 is 2.47 bits per heavy atom. The molecule has 0 radical (unpaired) electrons. The zero-order chi connectivity index (χ0) is 24.1. The molecule has 1 aromatic heterocycles. The van der Waals surface area contributed by atoms with Crippen LogP contribution in [0.1, 0.15) is 12.7 Å². The normalized spacial score (nSPS) is 11.8. The number of nitrogens with zero attached hydrogens (tertiary/aromatic N) is 3. The van der Waals surface area contributed by atoms with Gasteiger partial charge in [-0.1, -0.05) is 42.1 Å². The number of carbonyl (C=O) groups is 1. The minimum absolute atomic E-state index is 0.0647. The molecular weight excluding hydrogens is 465 g/mol. The Labute approximate surface area is 197 Å². The Morgan fingerprint density at radius 2 is 1.74 bits per heavy atom. The maximum Gasteiger partial charge on any atom is 0.237 e. The highest BCUT2D eigenvalue weighted by atomic mass is 32.2. The number of ether oxygens (including phenoxy) is 1. The number of rotatable bonds is 8. The monoisotopic (exact) mass is 484 g/mol. The van der Waals surface area contributed by atoms with Gasteiger partial charge in [0.1, 0.15) is 18.2 Å². The summed E-state index contributed by atoms with van der Waals surface area (Å²) < 4.78 is 48.3. The van der Waals surface area contributed by atoms with E-state index in [0.717, 1.165) is 29.6 Å². The molecule has 0 aliphatic heterocycles. The minimum atomic E-state index is -0.870. The number of hydrogen-bond acceptors (Lipinski definition) is 5. The second-order valence-corrected chi connectivity index (χ2v) is 8.47. The molecular formula is C24H19F3N4O2S. The fourth-order valence-electron chi connectivity index (χ4n) is 3.05. The molecule has 1 N–H and O–H groups in total. The van der Waals surface area contributed by atoms with Gasteiger partial charge in [-0.25, -0.2) is 13.2 Å². The molecule has 0 spiro atoms. The van der Waals surface area contributed by atoms with E-state index in [2.05, 4.69) is 15.5 Å². The molecule has 1 heterocycles. The Bertz CT molecular complexity index is 1300. The summed E-state index contributed by atoms with van der Waals surface area (Å²) in [5.41, 5.74) is 0.599. The predicted molar refractivity (Wildman–Crippen MR) is 122 cm³/mol. The molecule has 0 fully saturated rings. The summed E-state index contributed by atoms with van der Waals surface area (Å²) in [5.74, 6) is -2.13. The SMILES string of the molecule is CC(Sc1nnc(COc2ccccc2F)n1-c1ccccc1)C(=O)Nc1ccc(F)cc1F. The quantitative estimate of drug-likeness (QED) is 0.340. The maximum atomic E-state index is 13.9. The summed E-state index contributed by atoms with van der Waals surface area (Å²) >= 11 is 1.10. The first-order valence-corrected chi connectivity index (χ1v) is 11.1. The number of para-hydroxylation sites is 2. The van der Waals surface area contributed by atoms with Gasteiger partial charge in [-0.2, -0.15) is 0 Å². The van der Waals surface area contributed by atoms with Gasteiger partial charge in [0.25, 0.3) is 0 Å². The number of thioether (sulfide) groups is 1. The zero-order valence-corrected chi connectivity index (χ0v) is 18.7. The van der Waals surface area contributed by atoms with Crippen LogP contribution in [0.25, 0.3) is 5.69 Å². The van der Waals surface area contributed by atoms with Crippen LogP contribution in [0.15, 0.2) is 78.0 Å². The molecule has 1 unspecified atom stereocenters. The fraction of sp³-hybridized carbons (Fsp3) is 0.125. The van der Waals surface area contributed by atoms with Crippen LogP contribution < -0.4 is 10.1 Å². The van der Waals surface area contributed by atoms with Crippen LogP contribution >= 0.6 is 11.8 Å². The standard InChI is InChI=1S/C24H19F3N4O2S/c1-15(23(32)28-20-12-11-16(25)13-19(20)27)34-24-30-29-22(31(24)17-7-3-2-4-8-17)14-33-21-10-6-5-9-18(21)26/h2-13,15H,14H2,1H3,(H,28,32). The van der Waals surface area contributed by atoms with Gasteiger partial charge in [-0.15, -0.1) is 10.2 Å². The first-order chi connectivity index (χ1) is 16.4. The second-order valence-electron chi connectivity index (χ2n) is 7.16. The first-order valence-electron chi connectivity index (χ1n) is 10.2. The van der Waals surface area contributed by atoms with Crippen molar-refractivity contribution in [2.75, 3.05) is 5.32 Å². The van der Waals surface area contributed by atoms with Crippen LogP contribution in [0.4, 0.5) is 18.9 Å². The van der Waals surface area contributed by atoms with Gasteiger partial charge in [0, 0.05) is 11.8 Å². The molecule has 0 saturated heterocycles. The van der Waals surface area contributed by atoms with Gasteiger partial charge in [0.15, 0.2) is 22.5 Å². The molecule has 4 rings (SSSR count). The van der Waals surface area contributed by atoms with E-state index in [4.69, 9.17) is 4.74 Å². The van der Waals surface area contributed by atoms with Crippen molar-refractivity contribution in [3.63, 3.8) is 0 Å². The van der Waals surface area contributed by atoms with Crippen molar-refractivity contribution in [1.29, 1.82) is 0 Å². The molecule has 0 saturated carbocycles. The summed E-state index contributed by atoms with van der Waals surface area (Å²) in [5, 5.41) is 10.5. The molecule has 10 heteroatoms. The van der Waals surface area contributed by atoms with E-state index in [-0.39, 0.29) is 18.0 Å². The third-order valence-electron chi connectivity index (χ3n) is 4.75. The van der Waals surface area contributed by atoms with E-state index in [1.807, 2.05) is 30.3 Å². The fourth-order valence-corrected chi connectivity index (χ4v) is 3.93. The topological polar surface area (TPSA) is 69.0 Å². The van der Waals surface area contributed by atoms with Crippen molar-refractivity contribution in [3.8, 4) is 11.4 Å². The highest BCUT2D eigenvalue weighted by Gasteiger charge is 2.22. The highest BCUT2D eigenvalue weighted by molar-refractivity contribution is 8.00. The van der Waals surface area contributed by atoms with Crippen molar-refractivity contribution in [1.82, 2.24) is 14.8 Å². The summed E-state index contributed by atoms with van der Waals surface area (Å²) in [6, 6.07) is 18.1. The lowest BCUT2D eigenvalue weighted by Gasteiger charge is -2.14. The van der Waals surface area contributed by atoms with Gasteiger partial charge in [0.2, 0.25) is 5.91 Å². The average molecular weight is 485 g/mol.